The van der Waals surface area contributed by atoms with Gasteiger partial charge in [-0.05, 0) is 36.6 Å². The summed E-state index contributed by atoms with van der Waals surface area (Å²) in [7, 11) is 0. The van der Waals surface area contributed by atoms with Crippen molar-refractivity contribution in [2.75, 3.05) is 6.54 Å². The van der Waals surface area contributed by atoms with Crippen LogP contribution >= 0.6 is 0 Å². The molecule has 1 aromatic carbocycles. The van der Waals surface area contributed by atoms with Gasteiger partial charge >= 0.3 is 5.69 Å². The molecule has 4 heteroatoms. The Morgan fingerprint density at radius 1 is 1.22 bits per heavy atom. The van der Waals surface area contributed by atoms with E-state index in [4.69, 9.17) is 0 Å². The zero-order chi connectivity index (χ0) is 13.1. The molecule has 0 aliphatic rings. The molecule has 1 heterocycles. The minimum Gasteiger partial charge on any atom is -0.310 e. The van der Waals surface area contributed by atoms with E-state index in [0.29, 0.717) is 12.0 Å². The first-order valence-corrected chi connectivity index (χ1v) is 6.55. The average Bonchev–Trinajstić information content (AvgIpc) is 2.66. The van der Waals surface area contributed by atoms with Crippen molar-refractivity contribution in [1.29, 1.82) is 0 Å². The van der Waals surface area contributed by atoms with E-state index in [1.165, 1.54) is 5.56 Å². The quantitative estimate of drug-likeness (QED) is 0.760. The van der Waals surface area contributed by atoms with E-state index < -0.39 is 0 Å². The normalized spacial score (nSPS) is 13.3. The van der Waals surface area contributed by atoms with E-state index in [-0.39, 0.29) is 5.69 Å². The van der Waals surface area contributed by atoms with Crippen molar-refractivity contribution < 1.29 is 0 Å². The van der Waals surface area contributed by atoms with Gasteiger partial charge in [-0.15, -0.1) is 0 Å². The van der Waals surface area contributed by atoms with Gasteiger partial charge in [-0.1, -0.05) is 26.8 Å². The smallest absolute Gasteiger partial charge is 0.310 e. The largest absolute Gasteiger partial charge is 0.323 e. The summed E-state index contributed by atoms with van der Waals surface area (Å²) in [5.41, 5.74) is 2.83. The first-order valence-electron chi connectivity index (χ1n) is 6.55. The van der Waals surface area contributed by atoms with Crippen LogP contribution in [0.4, 0.5) is 0 Å². The molecule has 0 spiro atoms. The lowest BCUT2D eigenvalue weighted by atomic mass is 9.96. The van der Waals surface area contributed by atoms with Gasteiger partial charge in [-0.25, -0.2) is 4.79 Å². The highest BCUT2D eigenvalue weighted by molar-refractivity contribution is 5.75. The first-order chi connectivity index (χ1) is 8.60. The summed E-state index contributed by atoms with van der Waals surface area (Å²) in [6.07, 6.45) is 1.09. The van der Waals surface area contributed by atoms with Gasteiger partial charge in [0, 0.05) is 6.04 Å². The Kier molecular flexibility index (Phi) is 3.87. The number of benzene rings is 1. The van der Waals surface area contributed by atoms with Gasteiger partial charge in [0.05, 0.1) is 11.0 Å². The van der Waals surface area contributed by atoms with Crippen LogP contribution < -0.4 is 11.0 Å². The maximum Gasteiger partial charge on any atom is 0.323 e. The molecule has 18 heavy (non-hydrogen) atoms. The Balaban J connectivity index is 2.33. The minimum absolute atomic E-state index is 0.147. The summed E-state index contributed by atoms with van der Waals surface area (Å²) >= 11 is 0. The summed E-state index contributed by atoms with van der Waals surface area (Å²) in [5.74, 6) is 0.634. The molecular weight excluding hydrogens is 226 g/mol. The number of aromatic nitrogens is 2. The lowest BCUT2D eigenvalue weighted by Gasteiger charge is -2.20. The second kappa shape index (κ2) is 5.40. The second-order valence-electron chi connectivity index (χ2n) is 5.12. The van der Waals surface area contributed by atoms with Crippen molar-refractivity contribution in [3.63, 3.8) is 0 Å². The molecule has 2 aromatic rings. The second-order valence-corrected chi connectivity index (χ2v) is 5.12. The van der Waals surface area contributed by atoms with Crippen LogP contribution in [0, 0.1) is 5.92 Å². The predicted octanol–water partition coefficient (Wildman–Crippen LogP) is 2.55. The highest BCUT2D eigenvalue weighted by atomic mass is 16.1. The van der Waals surface area contributed by atoms with Crippen molar-refractivity contribution in [1.82, 2.24) is 15.3 Å². The number of rotatable bonds is 5. The molecule has 0 fully saturated rings. The fourth-order valence-electron chi connectivity index (χ4n) is 2.32. The van der Waals surface area contributed by atoms with Crippen LogP contribution in [0.3, 0.4) is 0 Å². The maximum absolute atomic E-state index is 11.2. The summed E-state index contributed by atoms with van der Waals surface area (Å²) in [4.78, 5) is 16.8. The first kappa shape index (κ1) is 12.9. The van der Waals surface area contributed by atoms with Crippen molar-refractivity contribution in [2.24, 2.45) is 5.92 Å². The van der Waals surface area contributed by atoms with E-state index in [9.17, 15) is 4.79 Å². The van der Waals surface area contributed by atoms with Gasteiger partial charge in [0.1, 0.15) is 0 Å². The third kappa shape index (κ3) is 2.82. The third-order valence-corrected chi connectivity index (χ3v) is 3.10. The monoisotopic (exact) mass is 247 g/mol. The molecule has 0 radical (unpaired) electrons. The molecule has 98 valence electrons. The lowest BCUT2D eigenvalue weighted by Crippen LogP contribution is -2.22. The maximum atomic E-state index is 11.2. The van der Waals surface area contributed by atoms with E-state index in [1.807, 2.05) is 6.07 Å². The molecule has 0 aliphatic heterocycles. The fourth-order valence-corrected chi connectivity index (χ4v) is 2.32. The Morgan fingerprint density at radius 2 is 1.94 bits per heavy atom. The lowest BCUT2D eigenvalue weighted by molar-refractivity contribution is 0.439. The van der Waals surface area contributed by atoms with Gasteiger partial charge in [0.25, 0.3) is 0 Å². The molecule has 1 aromatic heterocycles. The zero-order valence-electron chi connectivity index (χ0n) is 11.2. The standard InChI is InChI=1S/C14H21N3O/c1-4-15-12(7-9(2)3)10-5-6-11-13(8-10)17-14(18)16-11/h5-6,8-9,12,15H,4,7H2,1-3H3,(H2,16,17,18). The van der Waals surface area contributed by atoms with Crippen LogP contribution in [0.15, 0.2) is 23.0 Å². The highest BCUT2D eigenvalue weighted by Crippen LogP contribution is 2.23. The predicted molar refractivity (Wildman–Crippen MR) is 74.8 cm³/mol. The summed E-state index contributed by atoms with van der Waals surface area (Å²) < 4.78 is 0. The Labute approximate surface area is 107 Å². The topological polar surface area (TPSA) is 60.7 Å². The summed E-state index contributed by atoms with van der Waals surface area (Å²) in [6, 6.07) is 6.45. The molecule has 0 aliphatic carbocycles. The van der Waals surface area contributed by atoms with Crippen molar-refractivity contribution in [3.05, 3.63) is 34.2 Å². The van der Waals surface area contributed by atoms with Gasteiger partial charge < -0.3 is 15.3 Å². The van der Waals surface area contributed by atoms with Gasteiger partial charge in [-0.3, -0.25) is 0 Å². The summed E-state index contributed by atoms with van der Waals surface area (Å²) in [6.45, 7) is 7.51. The molecule has 0 saturated heterocycles. The number of H-pyrrole nitrogens is 2. The molecule has 1 unspecified atom stereocenters. The molecular formula is C14H21N3O. The molecule has 0 saturated carbocycles. The van der Waals surface area contributed by atoms with Crippen molar-refractivity contribution in [2.45, 2.75) is 33.2 Å². The molecule has 1 atom stereocenters. The van der Waals surface area contributed by atoms with Crippen LogP contribution in [0.5, 0.6) is 0 Å². The number of hydrogen-bond acceptors (Lipinski definition) is 2. The number of fused-ring (bicyclic) bond motifs is 1. The average molecular weight is 247 g/mol. The number of hydrogen-bond donors (Lipinski definition) is 3. The molecule has 0 bridgehead atoms. The number of aromatic amines is 2. The van der Waals surface area contributed by atoms with Gasteiger partial charge in [0.15, 0.2) is 0 Å². The van der Waals surface area contributed by atoms with Crippen LogP contribution in [-0.2, 0) is 0 Å². The molecule has 2 rings (SSSR count). The minimum atomic E-state index is -0.147. The Morgan fingerprint density at radius 3 is 2.61 bits per heavy atom. The Hall–Kier alpha value is -1.55. The van der Waals surface area contributed by atoms with E-state index in [1.54, 1.807) is 0 Å². The third-order valence-electron chi connectivity index (χ3n) is 3.10. The van der Waals surface area contributed by atoms with Gasteiger partial charge in [-0.2, -0.15) is 0 Å². The highest BCUT2D eigenvalue weighted by Gasteiger charge is 2.13. The molecule has 3 N–H and O–H groups in total. The van der Waals surface area contributed by atoms with E-state index in [2.05, 4.69) is 48.2 Å². The van der Waals surface area contributed by atoms with Crippen molar-refractivity contribution in [3.8, 4) is 0 Å². The number of nitrogens with one attached hydrogen (secondary N) is 3. The van der Waals surface area contributed by atoms with Crippen LogP contribution in [0.1, 0.15) is 38.8 Å². The molecule has 4 nitrogen and oxygen atoms in total. The van der Waals surface area contributed by atoms with Gasteiger partial charge in [0.2, 0.25) is 0 Å². The fraction of sp³-hybridized carbons (Fsp3) is 0.500. The van der Waals surface area contributed by atoms with E-state index >= 15 is 0 Å². The summed E-state index contributed by atoms with van der Waals surface area (Å²) in [5, 5.41) is 3.50. The zero-order valence-corrected chi connectivity index (χ0v) is 11.2. The van der Waals surface area contributed by atoms with Crippen LogP contribution in [0.2, 0.25) is 0 Å². The van der Waals surface area contributed by atoms with Crippen molar-refractivity contribution >= 4 is 11.0 Å². The van der Waals surface area contributed by atoms with Crippen LogP contribution in [-0.4, -0.2) is 16.5 Å². The molecule has 0 amide bonds. The Bertz CT molecular complexity index is 568. The SMILES string of the molecule is CCNC(CC(C)C)c1ccc2[nH]c(=O)[nH]c2c1. The number of imidazole rings is 1. The van der Waals surface area contributed by atoms with E-state index in [0.717, 1.165) is 24.0 Å². The van der Waals surface area contributed by atoms with Crippen LogP contribution in [0.25, 0.3) is 11.0 Å².